The summed E-state index contributed by atoms with van der Waals surface area (Å²) < 4.78 is 40.9. The molecule has 0 spiro atoms. The van der Waals surface area contributed by atoms with Crippen LogP contribution >= 0.6 is 11.3 Å². The number of piperidine rings is 1. The first-order valence-electron chi connectivity index (χ1n) is 15.7. The van der Waals surface area contributed by atoms with Gasteiger partial charge in [0.15, 0.2) is 0 Å². The highest BCUT2D eigenvalue weighted by molar-refractivity contribution is 7.18. The van der Waals surface area contributed by atoms with Gasteiger partial charge in [0.1, 0.15) is 34.6 Å². The topological polar surface area (TPSA) is 112 Å². The summed E-state index contributed by atoms with van der Waals surface area (Å²) in [6, 6.07) is 14.0. The number of nitrogens with zero attached hydrogens (tertiary/aromatic N) is 6. The van der Waals surface area contributed by atoms with Gasteiger partial charge in [-0.3, -0.25) is 9.69 Å². The van der Waals surface area contributed by atoms with Gasteiger partial charge in [0, 0.05) is 60.1 Å². The van der Waals surface area contributed by atoms with Crippen molar-refractivity contribution in [2.75, 3.05) is 23.7 Å². The van der Waals surface area contributed by atoms with Crippen LogP contribution in [0.15, 0.2) is 61.6 Å². The van der Waals surface area contributed by atoms with Crippen molar-refractivity contribution in [2.45, 2.75) is 64.3 Å². The minimum absolute atomic E-state index is 0.0689. The number of fused-ring (bicyclic) bond motifs is 2. The van der Waals surface area contributed by atoms with Crippen LogP contribution in [0, 0.1) is 18.3 Å². The summed E-state index contributed by atoms with van der Waals surface area (Å²) in [5, 5.41) is 17.8. The van der Waals surface area contributed by atoms with Crippen molar-refractivity contribution in [1.29, 1.82) is 5.26 Å². The fourth-order valence-electron chi connectivity index (χ4n) is 6.28. The van der Waals surface area contributed by atoms with Gasteiger partial charge in [-0.15, -0.1) is 11.3 Å². The molecule has 5 heterocycles. The Kier molecular flexibility index (Phi) is 9.48. The zero-order chi connectivity index (χ0) is 34.0. The number of likely N-dealkylation sites (tertiary alicyclic amines) is 1. The molecule has 1 unspecified atom stereocenters. The summed E-state index contributed by atoms with van der Waals surface area (Å²) in [7, 11) is 0. The Bertz CT molecular complexity index is 2000. The van der Waals surface area contributed by atoms with Crippen LogP contribution < -0.4 is 10.6 Å². The number of benzene rings is 1. The van der Waals surface area contributed by atoms with E-state index < -0.39 is 12.6 Å². The second kappa shape index (κ2) is 13.7. The Morgan fingerprint density at radius 1 is 1.17 bits per heavy atom. The molecule has 2 N–H and O–H groups in total. The second-order valence-electron chi connectivity index (χ2n) is 12.2. The molecule has 1 amide bonds. The van der Waals surface area contributed by atoms with Crippen molar-refractivity contribution in [2.24, 2.45) is 0 Å². The third-order valence-corrected chi connectivity index (χ3v) is 9.95. The van der Waals surface area contributed by atoms with Gasteiger partial charge in [0.2, 0.25) is 5.91 Å². The van der Waals surface area contributed by atoms with E-state index >= 15 is 0 Å². The van der Waals surface area contributed by atoms with E-state index in [1.807, 2.05) is 12.1 Å². The van der Waals surface area contributed by atoms with Crippen LogP contribution in [0.3, 0.4) is 0 Å². The Balaban J connectivity index is 1.10. The highest BCUT2D eigenvalue weighted by Crippen LogP contribution is 2.34. The lowest BCUT2D eigenvalue weighted by atomic mass is 10.0. The number of rotatable bonds is 10. The number of aryl methyl sites for hydroxylation is 1. The average molecular weight is 673 g/mol. The van der Waals surface area contributed by atoms with Crippen molar-refractivity contribution in [3.8, 4) is 6.07 Å². The van der Waals surface area contributed by atoms with E-state index in [-0.39, 0.29) is 22.7 Å². The Hall–Kier alpha value is -4.80. The van der Waals surface area contributed by atoms with Crippen molar-refractivity contribution in [1.82, 2.24) is 24.4 Å². The molecule has 0 saturated carbocycles. The lowest BCUT2D eigenvalue weighted by Crippen LogP contribution is -2.39. The first-order valence-corrected chi connectivity index (χ1v) is 16.5. The predicted molar refractivity (Wildman–Crippen MR) is 182 cm³/mol. The average Bonchev–Trinajstić information content (AvgIpc) is 3.64. The number of hydrogen-bond donors (Lipinski definition) is 2. The number of halogens is 3. The molecular formula is C35H35F3N8OS. The van der Waals surface area contributed by atoms with Gasteiger partial charge in [0.05, 0.1) is 11.8 Å². The van der Waals surface area contributed by atoms with Crippen LogP contribution in [0.2, 0.25) is 0 Å². The quantitative estimate of drug-likeness (QED) is 0.150. The van der Waals surface area contributed by atoms with Gasteiger partial charge in [-0.25, -0.2) is 15.0 Å². The molecule has 0 aliphatic carbocycles. The monoisotopic (exact) mass is 672 g/mol. The standard InChI is InChI=1S/C35H35F3N8OS/c1-4-32(47)44-31-8-6-23(17-40-31)21(2)18-46-26(16-39)13-28-22(3)24(5-7-30(28)46)19-45-11-9-25(10-12-45)43-33-29-14-27(15-35(36,37)38)48-34(29)42-20-41-33/h4-8,13-14,17,20-21,25H,1,9-12,15,18-19H2,2-3H3,(H,40,44,47)(H,41,42,43). The predicted octanol–water partition coefficient (Wildman–Crippen LogP) is 7.33. The number of hydrogen-bond acceptors (Lipinski definition) is 8. The third-order valence-electron chi connectivity index (χ3n) is 8.91. The van der Waals surface area contributed by atoms with E-state index in [1.54, 1.807) is 18.3 Å². The van der Waals surface area contributed by atoms with Crippen LogP contribution in [-0.2, 0) is 24.3 Å². The zero-order valence-corrected chi connectivity index (χ0v) is 27.5. The number of carbonyl (C=O) groups is 1. The summed E-state index contributed by atoms with van der Waals surface area (Å²) >= 11 is 1.06. The van der Waals surface area contributed by atoms with Crippen LogP contribution in [0.4, 0.5) is 24.8 Å². The van der Waals surface area contributed by atoms with E-state index in [0.717, 1.165) is 65.8 Å². The largest absolute Gasteiger partial charge is 0.393 e. The molecule has 13 heteroatoms. The molecular weight excluding hydrogens is 638 g/mol. The van der Waals surface area contributed by atoms with Gasteiger partial charge < -0.3 is 15.2 Å². The number of anilines is 2. The highest BCUT2D eigenvalue weighted by atomic mass is 32.1. The summed E-state index contributed by atoms with van der Waals surface area (Å²) in [5.74, 6) is 0.790. The maximum absolute atomic E-state index is 12.9. The lowest BCUT2D eigenvalue weighted by molar-refractivity contribution is -0.126. The van der Waals surface area contributed by atoms with Crippen molar-refractivity contribution in [3.05, 3.63) is 88.8 Å². The molecule has 6 rings (SSSR count). The number of carbonyl (C=O) groups excluding carboxylic acids is 1. The van der Waals surface area contributed by atoms with Gasteiger partial charge >= 0.3 is 6.18 Å². The number of nitriles is 1. The van der Waals surface area contributed by atoms with Crippen LogP contribution in [0.1, 0.15) is 52.9 Å². The SMILES string of the molecule is C=CC(=O)Nc1ccc(C(C)Cn2c(C#N)cc3c(C)c(CN4CCC(Nc5ncnc6sc(CC(F)(F)F)cc56)CC4)ccc32)cn1. The molecule has 5 aromatic rings. The van der Waals surface area contributed by atoms with E-state index in [2.05, 4.69) is 73.7 Å². The van der Waals surface area contributed by atoms with E-state index in [1.165, 1.54) is 18.0 Å². The molecule has 1 saturated heterocycles. The molecule has 1 fully saturated rings. The molecule has 1 aliphatic heterocycles. The molecule has 0 radical (unpaired) electrons. The summed E-state index contributed by atoms with van der Waals surface area (Å²) in [6.07, 6.45) is 0.851. The number of pyridine rings is 1. The molecule has 1 aromatic carbocycles. The fraction of sp³-hybridized carbons (Fsp3) is 0.343. The van der Waals surface area contributed by atoms with Crippen molar-refractivity contribution in [3.63, 3.8) is 0 Å². The van der Waals surface area contributed by atoms with Gasteiger partial charge in [-0.1, -0.05) is 25.6 Å². The summed E-state index contributed by atoms with van der Waals surface area (Å²) in [5.41, 5.74) is 4.96. The fourth-order valence-corrected chi connectivity index (χ4v) is 7.31. The Labute approximate surface area is 280 Å². The first kappa shape index (κ1) is 33.1. The van der Waals surface area contributed by atoms with Crippen LogP contribution in [0.5, 0.6) is 0 Å². The van der Waals surface area contributed by atoms with E-state index in [9.17, 15) is 23.2 Å². The maximum atomic E-state index is 12.9. The molecule has 4 aromatic heterocycles. The number of alkyl halides is 3. The van der Waals surface area contributed by atoms with Gasteiger partial charge in [0.25, 0.3) is 0 Å². The van der Waals surface area contributed by atoms with E-state index in [0.29, 0.717) is 34.1 Å². The smallest absolute Gasteiger partial charge is 0.367 e. The molecule has 9 nitrogen and oxygen atoms in total. The second-order valence-corrected chi connectivity index (χ2v) is 13.4. The van der Waals surface area contributed by atoms with Crippen LogP contribution in [-0.4, -0.2) is 55.6 Å². The number of thiophene rings is 1. The lowest BCUT2D eigenvalue weighted by Gasteiger charge is -2.33. The summed E-state index contributed by atoms with van der Waals surface area (Å²) in [4.78, 5) is 27.7. The number of amides is 1. The first-order chi connectivity index (χ1) is 23.0. The maximum Gasteiger partial charge on any atom is 0.393 e. The minimum atomic E-state index is -4.27. The molecule has 48 heavy (non-hydrogen) atoms. The highest BCUT2D eigenvalue weighted by Gasteiger charge is 2.29. The Morgan fingerprint density at radius 2 is 1.96 bits per heavy atom. The molecule has 0 bridgehead atoms. The number of nitrogens with one attached hydrogen (secondary N) is 2. The van der Waals surface area contributed by atoms with E-state index in [4.69, 9.17) is 0 Å². The van der Waals surface area contributed by atoms with Crippen molar-refractivity contribution >= 4 is 50.0 Å². The summed E-state index contributed by atoms with van der Waals surface area (Å²) in [6.45, 7) is 10.7. The van der Waals surface area contributed by atoms with Crippen molar-refractivity contribution < 1.29 is 18.0 Å². The van der Waals surface area contributed by atoms with Gasteiger partial charge in [-0.2, -0.15) is 18.4 Å². The molecule has 1 aliphatic rings. The zero-order valence-electron chi connectivity index (χ0n) is 26.6. The van der Waals surface area contributed by atoms with Gasteiger partial charge in [-0.05, 0) is 66.8 Å². The normalized spacial score (nSPS) is 15.0. The number of aromatic nitrogens is 4. The molecule has 1 atom stereocenters. The molecule has 248 valence electrons. The van der Waals surface area contributed by atoms with Crippen LogP contribution in [0.25, 0.3) is 21.1 Å². The Morgan fingerprint density at radius 3 is 2.65 bits per heavy atom. The third kappa shape index (κ3) is 7.35. The minimum Gasteiger partial charge on any atom is -0.367 e.